The second-order valence-corrected chi connectivity index (χ2v) is 4.94. The van der Waals surface area contributed by atoms with Crippen LogP contribution in [0.15, 0.2) is 30.3 Å². The summed E-state index contributed by atoms with van der Waals surface area (Å²) in [4.78, 5) is 16.3. The Kier molecular flexibility index (Phi) is 2.70. The minimum atomic E-state index is -0.696. The van der Waals surface area contributed by atoms with Crippen molar-refractivity contribution in [3.05, 3.63) is 30.3 Å². The van der Waals surface area contributed by atoms with Gasteiger partial charge in [-0.3, -0.25) is 4.79 Å². The van der Waals surface area contributed by atoms with Crippen LogP contribution in [0.4, 0.5) is 5.82 Å². The maximum atomic E-state index is 10.7. The maximum absolute atomic E-state index is 10.7. The van der Waals surface area contributed by atoms with Crippen LogP contribution >= 0.6 is 0 Å². The molecular formula is C14H16N2O2. The number of carbonyl (C=O) groups is 1. The molecule has 0 radical (unpaired) electrons. The fourth-order valence-corrected chi connectivity index (χ4v) is 2.69. The molecule has 4 heteroatoms. The van der Waals surface area contributed by atoms with Gasteiger partial charge < -0.3 is 15.0 Å². The van der Waals surface area contributed by atoms with Gasteiger partial charge in [0.05, 0.1) is 0 Å². The highest BCUT2D eigenvalue weighted by molar-refractivity contribution is 5.84. The standard InChI is InChI=1S/C14H16N2O2/c17-14(18)7-10-5-6-16(9-10)13-8-11-3-1-2-4-12(11)15-13/h1-4,8,10,15H,5-7,9H2,(H,17,18). The highest BCUT2D eigenvalue weighted by atomic mass is 16.4. The van der Waals surface area contributed by atoms with E-state index in [4.69, 9.17) is 5.11 Å². The molecule has 1 aliphatic rings. The molecule has 4 nitrogen and oxygen atoms in total. The molecule has 0 saturated carbocycles. The summed E-state index contributed by atoms with van der Waals surface area (Å²) in [6, 6.07) is 10.3. The zero-order valence-corrected chi connectivity index (χ0v) is 10.1. The van der Waals surface area contributed by atoms with Crippen molar-refractivity contribution in [2.45, 2.75) is 12.8 Å². The van der Waals surface area contributed by atoms with Crippen LogP contribution in [0.3, 0.4) is 0 Å². The van der Waals surface area contributed by atoms with Crippen molar-refractivity contribution in [2.24, 2.45) is 5.92 Å². The zero-order chi connectivity index (χ0) is 12.5. The average molecular weight is 244 g/mol. The SMILES string of the molecule is O=C(O)CC1CCN(c2cc3ccccc3[nH]2)C1. The van der Waals surface area contributed by atoms with Gasteiger partial charge in [-0.05, 0) is 24.5 Å². The molecule has 2 N–H and O–H groups in total. The Labute approximate surface area is 105 Å². The summed E-state index contributed by atoms with van der Waals surface area (Å²) in [7, 11) is 0. The van der Waals surface area contributed by atoms with Crippen LogP contribution in [0.5, 0.6) is 0 Å². The van der Waals surface area contributed by atoms with Crippen LogP contribution in [0.1, 0.15) is 12.8 Å². The number of H-pyrrole nitrogens is 1. The van der Waals surface area contributed by atoms with Crippen molar-refractivity contribution in [3.63, 3.8) is 0 Å². The lowest BCUT2D eigenvalue weighted by Gasteiger charge is -2.15. The fraction of sp³-hybridized carbons (Fsp3) is 0.357. The largest absolute Gasteiger partial charge is 0.481 e. The minimum absolute atomic E-state index is 0.272. The summed E-state index contributed by atoms with van der Waals surface area (Å²) in [5, 5.41) is 10.0. The summed E-state index contributed by atoms with van der Waals surface area (Å²) >= 11 is 0. The van der Waals surface area contributed by atoms with Crippen LogP contribution < -0.4 is 4.90 Å². The first kappa shape index (κ1) is 11.1. The van der Waals surface area contributed by atoms with E-state index in [1.165, 1.54) is 5.39 Å². The number of anilines is 1. The molecular weight excluding hydrogens is 228 g/mol. The fourth-order valence-electron chi connectivity index (χ4n) is 2.69. The number of aromatic amines is 1. The van der Waals surface area contributed by atoms with Crippen molar-refractivity contribution >= 4 is 22.7 Å². The van der Waals surface area contributed by atoms with Gasteiger partial charge in [-0.1, -0.05) is 18.2 Å². The van der Waals surface area contributed by atoms with E-state index in [1.807, 2.05) is 12.1 Å². The average Bonchev–Trinajstić information content (AvgIpc) is 2.93. The summed E-state index contributed by atoms with van der Waals surface area (Å²) in [6.07, 6.45) is 1.23. The van der Waals surface area contributed by atoms with Crippen LogP contribution in [-0.4, -0.2) is 29.1 Å². The number of hydrogen-bond acceptors (Lipinski definition) is 2. The van der Waals surface area contributed by atoms with Gasteiger partial charge in [0.25, 0.3) is 0 Å². The van der Waals surface area contributed by atoms with Gasteiger partial charge in [0.2, 0.25) is 0 Å². The molecule has 1 aliphatic heterocycles. The molecule has 0 amide bonds. The first-order valence-corrected chi connectivity index (χ1v) is 6.27. The molecule has 1 aromatic heterocycles. The molecule has 2 aromatic rings. The van der Waals surface area contributed by atoms with Crippen LogP contribution in [0.2, 0.25) is 0 Å². The normalized spacial score (nSPS) is 19.6. The number of aliphatic carboxylic acids is 1. The number of benzene rings is 1. The lowest BCUT2D eigenvalue weighted by Crippen LogP contribution is -2.20. The molecule has 1 saturated heterocycles. The third kappa shape index (κ3) is 2.06. The van der Waals surface area contributed by atoms with E-state index in [-0.39, 0.29) is 12.3 Å². The summed E-state index contributed by atoms with van der Waals surface area (Å²) in [5.41, 5.74) is 1.13. The van der Waals surface area contributed by atoms with Crippen molar-refractivity contribution in [3.8, 4) is 0 Å². The molecule has 18 heavy (non-hydrogen) atoms. The van der Waals surface area contributed by atoms with Crippen molar-refractivity contribution in [1.82, 2.24) is 4.98 Å². The molecule has 0 spiro atoms. The molecule has 1 aromatic carbocycles. The molecule has 94 valence electrons. The van der Waals surface area contributed by atoms with Gasteiger partial charge in [-0.2, -0.15) is 0 Å². The number of nitrogens with one attached hydrogen (secondary N) is 1. The van der Waals surface area contributed by atoms with Crippen molar-refractivity contribution < 1.29 is 9.90 Å². The van der Waals surface area contributed by atoms with E-state index in [0.29, 0.717) is 0 Å². The molecule has 1 atom stereocenters. The second kappa shape index (κ2) is 4.37. The Morgan fingerprint density at radius 2 is 2.28 bits per heavy atom. The Balaban J connectivity index is 1.77. The van der Waals surface area contributed by atoms with Crippen molar-refractivity contribution in [2.75, 3.05) is 18.0 Å². The van der Waals surface area contributed by atoms with E-state index in [9.17, 15) is 4.79 Å². The summed E-state index contributed by atoms with van der Waals surface area (Å²) in [5.74, 6) is 0.677. The highest BCUT2D eigenvalue weighted by Gasteiger charge is 2.25. The Morgan fingerprint density at radius 1 is 1.44 bits per heavy atom. The van der Waals surface area contributed by atoms with Crippen LogP contribution in [0, 0.1) is 5.92 Å². The third-order valence-electron chi connectivity index (χ3n) is 3.61. The second-order valence-electron chi connectivity index (χ2n) is 4.94. The molecule has 0 aliphatic carbocycles. The minimum Gasteiger partial charge on any atom is -0.481 e. The lowest BCUT2D eigenvalue weighted by atomic mass is 10.1. The molecule has 1 unspecified atom stereocenters. The number of aromatic nitrogens is 1. The molecule has 1 fully saturated rings. The van der Waals surface area contributed by atoms with Gasteiger partial charge in [0.1, 0.15) is 5.82 Å². The highest BCUT2D eigenvalue weighted by Crippen LogP contribution is 2.27. The predicted molar refractivity (Wildman–Crippen MR) is 70.9 cm³/mol. The first-order valence-electron chi connectivity index (χ1n) is 6.27. The van der Waals surface area contributed by atoms with Gasteiger partial charge in [-0.15, -0.1) is 0 Å². The maximum Gasteiger partial charge on any atom is 0.303 e. The lowest BCUT2D eigenvalue weighted by molar-refractivity contribution is -0.137. The molecule has 0 bridgehead atoms. The Hall–Kier alpha value is -1.97. The van der Waals surface area contributed by atoms with E-state index >= 15 is 0 Å². The van der Waals surface area contributed by atoms with E-state index in [1.54, 1.807) is 0 Å². The number of hydrogen-bond donors (Lipinski definition) is 2. The van der Waals surface area contributed by atoms with Gasteiger partial charge in [-0.25, -0.2) is 0 Å². The molecule has 3 rings (SSSR count). The number of rotatable bonds is 3. The van der Waals surface area contributed by atoms with Crippen LogP contribution in [0.25, 0.3) is 10.9 Å². The summed E-state index contributed by atoms with van der Waals surface area (Å²) in [6.45, 7) is 1.77. The van der Waals surface area contributed by atoms with Gasteiger partial charge in [0.15, 0.2) is 0 Å². The number of para-hydroxylation sites is 1. The topological polar surface area (TPSA) is 56.3 Å². The van der Waals surface area contributed by atoms with E-state index in [2.05, 4.69) is 28.1 Å². The summed E-state index contributed by atoms with van der Waals surface area (Å²) < 4.78 is 0. The number of nitrogens with zero attached hydrogens (tertiary/aromatic N) is 1. The number of carboxylic acids is 1. The monoisotopic (exact) mass is 244 g/mol. The van der Waals surface area contributed by atoms with Crippen LogP contribution in [-0.2, 0) is 4.79 Å². The third-order valence-corrected chi connectivity index (χ3v) is 3.61. The first-order chi connectivity index (χ1) is 8.72. The van der Waals surface area contributed by atoms with Gasteiger partial charge in [0, 0.05) is 30.4 Å². The van der Waals surface area contributed by atoms with Gasteiger partial charge >= 0.3 is 5.97 Å². The quantitative estimate of drug-likeness (QED) is 0.872. The van der Waals surface area contributed by atoms with E-state index < -0.39 is 5.97 Å². The van der Waals surface area contributed by atoms with E-state index in [0.717, 1.165) is 30.8 Å². The zero-order valence-electron chi connectivity index (χ0n) is 10.1. The number of fused-ring (bicyclic) bond motifs is 1. The predicted octanol–water partition coefficient (Wildman–Crippen LogP) is 2.47. The van der Waals surface area contributed by atoms with Crippen molar-refractivity contribution in [1.29, 1.82) is 0 Å². The smallest absolute Gasteiger partial charge is 0.303 e. The Morgan fingerprint density at radius 3 is 3.06 bits per heavy atom. The Bertz CT molecular complexity index is 543. The number of carboxylic acid groups (broad SMARTS) is 1. The molecule has 2 heterocycles.